The predicted octanol–water partition coefficient (Wildman–Crippen LogP) is 2.82. The fourth-order valence-electron chi connectivity index (χ4n) is 1.87. The summed E-state index contributed by atoms with van der Waals surface area (Å²) < 4.78 is 16.4. The molecule has 0 saturated carbocycles. The maximum atomic E-state index is 13.8. The smallest absolute Gasteiger partial charge is 0.127 e. The third-order valence-corrected chi connectivity index (χ3v) is 3.36. The van der Waals surface area contributed by atoms with E-state index in [0.717, 1.165) is 10.2 Å². The highest BCUT2D eigenvalue weighted by molar-refractivity contribution is 9.10. The molecule has 1 unspecified atom stereocenters. The summed E-state index contributed by atoms with van der Waals surface area (Å²) in [4.78, 5) is 4.30. The Labute approximate surface area is 114 Å². The summed E-state index contributed by atoms with van der Waals surface area (Å²) in [6, 6.07) is 5.15. The average Bonchev–Trinajstić information content (AvgIpc) is 2.75. The lowest BCUT2D eigenvalue weighted by Gasteiger charge is -2.14. The third-order valence-electron chi connectivity index (χ3n) is 2.87. The van der Waals surface area contributed by atoms with Gasteiger partial charge in [0.15, 0.2) is 0 Å². The minimum Gasteiger partial charge on any atom is -0.340 e. The Kier molecular flexibility index (Phi) is 4.14. The quantitative estimate of drug-likeness (QED) is 0.941. The highest BCUT2D eigenvalue weighted by atomic mass is 79.9. The number of hydrogen-bond donors (Lipinski definition) is 1. The first-order chi connectivity index (χ1) is 8.60. The molecular formula is C13H15BrFN3. The fraction of sp³-hybridized carbons (Fsp3) is 0.308. The van der Waals surface area contributed by atoms with Crippen molar-refractivity contribution in [2.45, 2.75) is 12.5 Å². The summed E-state index contributed by atoms with van der Waals surface area (Å²) in [7, 11) is 3.78. The van der Waals surface area contributed by atoms with E-state index in [2.05, 4.69) is 26.2 Å². The predicted molar refractivity (Wildman–Crippen MR) is 72.8 cm³/mol. The molecule has 5 heteroatoms. The van der Waals surface area contributed by atoms with Crippen LogP contribution in [0.15, 0.2) is 35.2 Å². The number of halogens is 2. The molecule has 1 aromatic heterocycles. The highest BCUT2D eigenvalue weighted by Crippen LogP contribution is 2.21. The summed E-state index contributed by atoms with van der Waals surface area (Å²) in [5.41, 5.74) is 1.60. The highest BCUT2D eigenvalue weighted by Gasteiger charge is 2.15. The van der Waals surface area contributed by atoms with Crippen LogP contribution < -0.4 is 5.32 Å². The van der Waals surface area contributed by atoms with Crippen LogP contribution in [0.25, 0.3) is 0 Å². The molecule has 0 aliphatic heterocycles. The van der Waals surface area contributed by atoms with Crippen LogP contribution in [-0.2, 0) is 13.5 Å². The SMILES string of the molecule is CNC(Cc1ccc(Br)cc1F)c1cn(C)cn1. The molecule has 1 heterocycles. The van der Waals surface area contributed by atoms with Crippen LogP contribution in [0.4, 0.5) is 4.39 Å². The van der Waals surface area contributed by atoms with Crippen molar-refractivity contribution < 1.29 is 4.39 Å². The van der Waals surface area contributed by atoms with Gasteiger partial charge in [0.05, 0.1) is 18.1 Å². The van der Waals surface area contributed by atoms with Crippen molar-refractivity contribution >= 4 is 15.9 Å². The van der Waals surface area contributed by atoms with Gasteiger partial charge in [-0.2, -0.15) is 0 Å². The van der Waals surface area contributed by atoms with Crippen molar-refractivity contribution in [1.82, 2.24) is 14.9 Å². The second kappa shape index (κ2) is 5.63. The normalized spacial score (nSPS) is 12.7. The van der Waals surface area contributed by atoms with Crippen LogP contribution in [0.2, 0.25) is 0 Å². The molecule has 0 amide bonds. The van der Waals surface area contributed by atoms with Crippen LogP contribution in [0.3, 0.4) is 0 Å². The first kappa shape index (κ1) is 13.2. The summed E-state index contributed by atoms with van der Waals surface area (Å²) >= 11 is 3.26. The molecule has 1 aromatic carbocycles. The van der Waals surface area contributed by atoms with E-state index >= 15 is 0 Å². The van der Waals surface area contributed by atoms with Gasteiger partial charge in [0.2, 0.25) is 0 Å². The van der Waals surface area contributed by atoms with Crippen LogP contribution in [0, 0.1) is 5.82 Å². The van der Waals surface area contributed by atoms with Crippen molar-refractivity contribution in [2.75, 3.05) is 7.05 Å². The van der Waals surface area contributed by atoms with Gasteiger partial charge in [0.1, 0.15) is 5.82 Å². The van der Waals surface area contributed by atoms with Crippen molar-refractivity contribution in [3.05, 3.63) is 52.3 Å². The molecular weight excluding hydrogens is 297 g/mol. The number of likely N-dealkylation sites (N-methyl/N-ethyl adjacent to an activating group) is 1. The van der Waals surface area contributed by atoms with E-state index in [0.29, 0.717) is 12.0 Å². The van der Waals surface area contributed by atoms with Crippen LogP contribution in [0.1, 0.15) is 17.3 Å². The molecule has 0 saturated heterocycles. The largest absolute Gasteiger partial charge is 0.340 e. The number of nitrogens with zero attached hydrogens (tertiary/aromatic N) is 2. The zero-order valence-corrected chi connectivity index (χ0v) is 11.9. The molecule has 0 fully saturated rings. The van der Waals surface area contributed by atoms with Crippen LogP contribution in [0.5, 0.6) is 0 Å². The second-order valence-corrected chi connectivity index (χ2v) is 5.16. The molecule has 0 spiro atoms. The van der Waals surface area contributed by atoms with E-state index in [4.69, 9.17) is 0 Å². The van der Waals surface area contributed by atoms with Crippen LogP contribution in [-0.4, -0.2) is 16.6 Å². The van der Waals surface area contributed by atoms with E-state index in [1.807, 2.05) is 30.9 Å². The molecule has 3 nitrogen and oxygen atoms in total. The zero-order chi connectivity index (χ0) is 13.1. The molecule has 18 heavy (non-hydrogen) atoms. The lowest BCUT2D eigenvalue weighted by molar-refractivity contribution is 0.546. The maximum Gasteiger partial charge on any atom is 0.127 e. The van der Waals surface area contributed by atoms with Gasteiger partial charge in [-0.05, 0) is 31.2 Å². The number of nitrogens with one attached hydrogen (secondary N) is 1. The van der Waals surface area contributed by atoms with E-state index in [1.165, 1.54) is 6.07 Å². The number of aryl methyl sites for hydroxylation is 1. The van der Waals surface area contributed by atoms with Gasteiger partial charge in [0.25, 0.3) is 0 Å². The van der Waals surface area contributed by atoms with Gasteiger partial charge >= 0.3 is 0 Å². The van der Waals surface area contributed by atoms with Crippen LogP contribution >= 0.6 is 15.9 Å². The summed E-state index contributed by atoms with van der Waals surface area (Å²) in [6.45, 7) is 0. The van der Waals surface area contributed by atoms with E-state index in [-0.39, 0.29) is 11.9 Å². The van der Waals surface area contributed by atoms with E-state index < -0.39 is 0 Å². The molecule has 0 radical (unpaired) electrons. The molecule has 1 N–H and O–H groups in total. The Morgan fingerprint density at radius 1 is 1.50 bits per heavy atom. The lowest BCUT2D eigenvalue weighted by Crippen LogP contribution is -2.19. The number of imidazole rings is 1. The molecule has 2 rings (SSSR count). The second-order valence-electron chi connectivity index (χ2n) is 4.25. The number of rotatable bonds is 4. The zero-order valence-electron chi connectivity index (χ0n) is 10.3. The summed E-state index contributed by atoms with van der Waals surface area (Å²) in [5, 5.41) is 3.17. The van der Waals surface area contributed by atoms with Crippen molar-refractivity contribution in [1.29, 1.82) is 0 Å². The fourth-order valence-corrected chi connectivity index (χ4v) is 2.21. The Morgan fingerprint density at radius 3 is 2.83 bits per heavy atom. The molecule has 0 bridgehead atoms. The van der Waals surface area contributed by atoms with E-state index in [1.54, 1.807) is 12.4 Å². The molecule has 2 aromatic rings. The van der Waals surface area contributed by atoms with Gasteiger partial charge < -0.3 is 9.88 Å². The Morgan fingerprint density at radius 2 is 2.28 bits per heavy atom. The summed E-state index contributed by atoms with van der Waals surface area (Å²) in [6.07, 6.45) is 4.27. The number of aromatic nitrogens is 2. The average molecular weight is 312 g/mol. The molecule has 0 aliphatic carbocycles. The Hall–Kier alpha value is -1.20. The standard InChI is InChI=1S/C13H15BrFN3/c1-16-12(13-7-18(2)8-17-13)5-9-3-4-10(14)6-11(9)15/h3-4,6-8,12,16H,5H2,1-2H3. The lowest BCUT2D eigenvalue weighted by atomic mass is 10.0. The summed E-state index contributed by atoms with van der Waals surface area (Å²) in [5.74, 6) is -0.194. The topological polar surface area (TPSA) is 29.9 Å². The number of benzene rings is 1. The van der Waals surface area contributed by atoms with Gasteiger partial charge in [-0.1, -0.05) is 22.0 Å². The Bertz CT molecular complexity index is 539. The van der Waals surface area contributed by atoms with Gasteiger partial charge in [-0.25, -0.2) is 9.37 Å². The van der Waals surface area contributed by atoms with Crippen molar-refractivity contribution in [3.63, 3.8) is 0 Å². The van der Waals surface area contributed by atoms with Gasteiger partial charge in [0, 0.05) is 17.7 Å². The minimum atomic E-state index is -0.194. The maximum absolute atomic E-state index is 13.8. The van der Waals surface area contributed by atoms with Crippen molar-refractivity contribution in [2.24, 2.45) is 7.05 Å². The first-order valence-electron chi connectivity index (χ1n) is 5.69. The monoisotopic (exact) mass is 311 g/mol. The van der Waals surface area contributed by atoms with Gasteiger partial charge in [-0.3, -0.25) is 0 Å². The first-order valence-corrected chi connectivity index (χ1v) is 6.48. The molecule has 96 valence electrons. The minimum absolute atomic E-state index is 0.0156. The molecule has 0 aliphatic rings. The molecule has 1 atom stereocenters. The van der Waals surface area contributed by atoms with Gasteiger partial charge in [-0.15, -0.1) is 0 Å². The van der Waals surface area contributed by atoms with Crippen molar-refractivity contribution in [3.8, 4) is 0 Å². The third kappa shape index (κ3) is 2.97. The Balaban J connectivity index is 2.20. The number of hydrogen-bond acceptors (Lipinski definition) is 2. The van der Waals surface area contributed by atoms with E-state index in [9.17, 15) is 4.39 Å².